The summed E-state index contributed by atoms with van der Waals surface area (Å²) in [6.45, 7) is 15.6. The molecule has 8 atom stereocenters. The number of allylic oxidation sites excluding steroid dienone is 3. The Kier molecular flexibility index (Phi) is 6.82. The first kappa shape index (κ1) is 26.8. The van der Waals surface area contributed by atoms with Gasteiger partial charge in [0.05, 0.1) is 5.41 Å². The molecule has 0 spiro atoms. The van der Waals surface area contributed by atoms with Crippen molar-refractivity contribution in [3.05, 3.63) is 54.6 Å². The third-order valence-corrected chi connectivity index (χ3v) is 12.6. The molecule has 37 heavy (non-hydrogen) atoms. The summed E-state index contributed by atoms with van der Waals surface area (Å²) in [5, 5.41) is 10.3. The third-order valence-electron chi connectivity index (χ3n) is 12.6. The molecule has 2 heteroatoms. The molecular formula is C35H50O2. The van der Waals surface area contributed by atoms with E-state index in [4.69, 9.17) is 0 Å². The second-order valence-electron chi connectivity index (χ2n) is 14.3. The van der Waals surface area contributed by atoms with Crippen LogP contribution >= 0.6 is 0 Å². The normalized spacial score (nSPS) is 43.5. The van der Waals surface area contributed by atoms with Gasteiger partial charge in [-0.2, -0.15) is 0 Å². The summed E-state index contributed by atoms with van der Waals surface area (Å²) in [5.41, 5.74) is 3.47. The molecule has 0 amide bonds. The van der Waals surface area contributed by atoms with Crippen LogP contribution in [0.3, 0.4) is 0 Å². The Balaban J connectivity index is 0.000000892. The van der Waals surface area contributed by atoms with E-state index in [1.165, 1.54) is 37.7 Å². The maximum atomic E-state index is 12.4. The van der Waals surface area contributed by atoms with Crippen molar-refractivity contribution in [1.29, 1.82) is 0 Å². The van der Waals surface area contributed by atoms with Gasteiger partial charge < -0.3 is 5.11 Å². The molecule has 0 heterocycles. The number of rotatable bonds is 2. The first-order chi connectivity index (χ1) is 17.6. The molecule has 1 aromatic rings. The van der Waals surface area contributed by atoms with Gasteiger partial charge in [0.1, 0.15) is 0 Å². The van der Waals surface area contributed by atoms with Gasteiger partial charge in [-0.1, -0.05) is 76.6 Å². The molecule has 0 saturated heterocycles. The lowest BCUT2D eigenvalue weighted by Gasteiger charge is -2.68. The van der Waals surface area contributed by atoms with Gasteiger partial charge in [0.15, 0.2) is 0 Å². The lowest BCUT2D eigenvalue weighted by atomic mass is 9.36. The van der Waals surface area contributed by atoms with Gasteiger partial charge >= 0.3 is 5.97 Å². The Morgan fingerprint density at radius 3 is 2.27 bits per heavy atom. The van der Waals surface area contributed by atoms with Gasteiger partial charge in [-0.15, -0.1) is 6.58 Å². The summed E-state index contributed by atoms with van der Waals surface area (Å²) in [6.07, 6.45) is 16.1. The van der Waals surface area contributed by atoms with Gasteiger partial charge in [-0.25, -0.2) is 0 Å². The molecule has 5 aliphatic carbocycles. The summed E-state index contributed by atoms with van der Waals surface area (Å²) in [6, 6.07) is 11.1. The molecule has 1 N–H and O–H groups in total. The van der Waals surface area contributed by atoms with Gasteiger partial charge in [0, 0.05) is 0 Å². The monoisotopic (exact) mass is 502 g/mol. The summed E-state index contributed by atoms with van der Waals surface area (Å²) in [5.74, 6) is 2.78. The maximum Gasteiger partial charge on any atom is 0.309 e. The van der Waals surface area contributed by atoms with E-state index in [1.807, 2.05) is 6.92 Å². The second-order valence-corrected chi connectivity index (χ2v) is 14.3. The molecule has 0 aromatic heterocycles. The average molecular weight is 503 g/mol. The van der Waals surface area contributed by atoms with E-state index in [0.29, 0.717) is 28.6 Å². The summed E-state index contributed by atoms with van der Waals surface area (Å²) >= 11 is 0. The fourth-order valence-electron chi connectivity index (χ4n) is 11.3. The van der Waals surface area contributed by atoms with Crippen molar-refractivity contribution in [3.63, 3.8) is 0 Å². The van der Waals surface area contributed by atoms with E-state index in [9.17, 15) is 9.90 Å². The number of carbonyl (C=O) groups is 1. The lowest BCUT2D eigenvalue weighted by Crippen LogP contribution is -2.61. The van der Waals surface area contributed by atoms with Gasteiger partial charge in [-0.05, 0) is 122 Å². The van der Waals surface area contributed by atoms with Crippen LogP contribution in [0.1, 0.15) is 104 Å². The number of carboxylic acids is 1. The minimum atomic E-state index is -0.482. The minimum absolute atomic E-state index is 0.184. The van der Waals surface area contributed by atoms with Crippen molar-refractivity contribution in [2.24, 2.45) is 51.2 Å². The number of carboxylic acid groups (broad SMARTS) is 1. The number of fused-ring (bicyclic) bond motifs is 7. The molecule has 2 nitrogen and oxygen atoms in total. The van der Waals surface area contributed by atoms with Crippen LogP contribution in [0.5, 0.6) is 0 Å². The molecular weight excluding hydrogens is 452 g/mol. The quantitative estimate of drug-likeness (QED) is 0.409. The first-order valence-corrected chi connectivity index (χ1v) is 15.1. The van der Waals surface area contributed by atoms with Crippen LogP contribution in [0.15, 0.2) is 49.1 Å². The number of hydrogen-bond donors (Lipinski definition) is 1. The molecule has 0 aliphatic heterocycles. The number of hydrogen-bond acceptors (Lipinski definition) is 1. The van der Waals surface area contributed by atoms with Crippen LogP contribution in [0, 0.1) is 51.2 Å². The zero-order chi connectivity index (χ0) is 26.6. The van der Waals surface area contributed by atoms with Crippen LogP contribution < -0.4 is 0 Å². The van der Waals surface area contributed by atoms with Crippen LogP contribution in [0.2, 0.25) is 0 Å². The highest BCUT2D eigenvalue weighted by molar-refractivity contribution is 5.76. The van der Waals surface area contributed by atoms with Gasteiger partial charge in [-0.3, -0.25) is 4.79 Å². The number of aliphatic carboxylic acids is 1. The Morgan fingerprint density at radius 2 is 1.59 bits per heavy atom. The molecule has 4 saturated carbocycles. The van der Waals surface area contributed by atoms with E-state index >= 15 is 0 Å². The highest BCUT2D eigenvalue weighted by atomic mass is 16.4. The Labute approximate surface area is 226 Å². The van der Waals surface area contributed by atoms with Crippen molar-refractivity contribution < 1.29 is 9.90 Å². The largest absolute Gasteiger partial charge is 0.481 e. The predicted molar refractivity (Wildman–Crippen MR) is 154 cm³/mol. The second kappa shape index (κ2) is 9.42. The highest BCUT2D eigenvalue weighted by Crippen LogP contribution is 2.73. The van der Waals surface area contributed by atoms with Crippen LogP contribution in [-0.2, 0) is 4.79 Å². The SMILES string of the molecule is C=CC.CC1(C)C(c2ccccc2)=CCC2(C)C1CCC1(C)C3CCC4(C(=O)O)CCCC4C3CCC12. The number of benzene rings is 1. The molecule has 202 valence electrons. The van der Waals surface area contributed by atoms with Crippen molar-refractivity contribution in [2.45, 2.75) is 98.8 Å². The fourth-order valence-corrected chi connectivity index (χ4v) is 11.3. The highest BCUT2D eigenvalue weighted by Gasteiger charge is 2.66. The lowest BCUT2D eigenvalue weighted by molar-refractivity contribution is -0.187. The van der Waals surface area contributed by atoms with Crippen LogP contribution in [-0.4, -0.2) is 11.1 Å². The molecule has 4 fully saturated rings. The molecule has 0 radical (unpaired) electrons. The summed E-state index contributed by atoms with van der Waals surface area (Å²) < 4.78 is 0. The Hall–Kier alpha value is -1.83. The van der Waals surface area contributed by atoms with Crippen molar-refractivity contribution in [2.75, 3.05) is 0 Å². The first-order valence-electron chi connectivity index (χ1n) is 15.1. The zero-order valence-electron chi connectivity index (χ0n) is 24.1. The predicted octanol–water partition coefficient (Wildman–Crippen LogP) is 9.42. The summed E-state index contributed by atoms with van der Waals surface area (Å²) in [7, 11) is 0. The topological polar surface area (TPSA) is 37.3 Å². The molecule has 8 unspecified atom stereocenters. The molecule has 5 aliphatic rings. The minimum Gasteiger partial charge on any atom is -0.481 e. The van der Waals surface area contributed by atoms with E-state index in [1.54, 1.807) is 11.6 Å². The zero-order valence-corrected chi connectivity index (χ0v) is 24.1. The van der Waals surface area contributed by atoms with E-state index in [2.05, 4.69) is 70.7 Å². The van der Waals surface area contributed by atoms with Crippen molar-refractivity contribution in [1.82, 2.24) is 0 Å². The van der Waals surface area contributed by atoms with Crippen LogP contribution in [0.4, 0.5) is 0 Å². The smallest absolute Gasteiger partial charge is 0.309 e. The third kappa shape index (κ3) is 3.82. The van der Waals surface area contributed by atoms with Gasteiger partial charge in [0.2, 0.25) is 0 Å². The van der Waals surface area contributed by atoms with Crippen LogP contribution in [0.25, 0.3) is 5.57 Å². The Bertz CT molecular complexity index is 1050. The fraction of sp³-hybridized carbons (Fsp3) is 0.686. The maximum absolute atomic E-state index is 12.4. The Morgan fingerprint density at radius 1 is 0.892 bits per heavy atom. The van der Waals surface area contributed by atoms with Crippen molar-refractivity contribution in [3.8, 4) is 0 Å². The summed E-state index contributed by atoms with van der Waals surface area (Å²) in [4.78, 5) is 12.4. The molecule has 1 aromatic carbocycles. The molecule has 6 rings (SSSR count). The average Bonchev–Trinajstić information content (AvgIpc) is 3.31. The van der Waals surface area contributed by atoms with E-state index in [-0.39, 0.29) is 5.41 Å². The standard InChI is InChI=1S/C32H44O2.C3H6/c1-29(2)23(21-9-6-5-7-10-21)14-18-31(4)26(29)16-19-30(3)24-15-20-32(28(33)34)17-8-11-25(32)22(24)12-13-27(30)31;1-3-2/h5-7,9-10,14,22,24-27H,8,11-13,15-20H2,1-4H3,(H,33,34);3H,1H2,2H3. The van der Waals surface area contributed by atoms with E-state index < -0.39 is 11.4 Å². The van der Waals surface area contributed by atoms with Gasteiger partial charge in [0.25, 0.3) is 0 Å². The van der Waals surface area contributed by atoms with Crippen molar-refractivity contribution >= 4 is 11.5 Å². The molecule has 0 bridgehead atoms. The van der Waals surface area contributed by atoms with E-state index in [0.717, 1.165) is 43.9 Å².